The number of carbonyl (C=O) groups is 2. The Balaban J connectivity index is 1.60. The molecule has 1 saturated carbocycles. The highest BCUT2D eigenvalue weighted by Crippen LogP contribution is 2.40. The molecule has 0 spiro atoms. The molecule has 1 aliphatic heterocycles. The number of hydrogen-bond acceptors (Lipinski definition) is 6. The number of pyridine rings is 1. The zero-order chi connectivity index (χ0) is 29.6. The Morgan fingerprint density at radius 1 is 1.12 bits per heavy atom. The Bertz CT molecular complexity index is 1380. The van der Waals surface area contributed by atoms with Crippen LogP contribution < -0.4 is 15.8 Å². The summed E-state index contributed by atoms with van der Waals surface area (Å²) in [6, 6.07) is 7.29. The molecule has 2 amide bonds. The maximum Gasteiger partial charge on any atom is 0.269 e. The molecular weight excluding hydrogens is 552 g/mol. The Morgan fingerprint density at radius 2 is 1.83 bits per heavy atom. The summed E-state index contributed by atoms with van der Waals surface area (Å²) in [5, 5.41) is 2.73. The lowest BCUT2D eigenvalue weighted by Gasteiger charge is -2.31. The zero-order valence-corrected chi connectivity index (χ0v) is 24.0. The predicted octanol–water partition coefficient (Wildman–Crippen LogP) is 4.72. The SMILES string of the molecule is CC(=O)Nc1c(C2CCCC2)cccc1S(=O)(=O)N[C@@H](CCCc1ccc(N)nc1)C(=O)N1CCC(=C(F)F)CC1. The standard InChI is InChI=1S/C29H37F2N5O4S/c1-19(37)34-27-23(21-7-2-3-8-21)9-5-11-25(27)41(39,40)35-24(10-4-6-20-12-13-26(32)33-18-20)29(38)36-16-14-22(15-17-36)28(30)31/h5,9,11-13,18,21,24,35H,2-4,6-8,10,14-17H2,1H3,(H2,32,33)(H,34,37)/t24-/m0/s1. The average molecular weight is 590 g/mol. The smallest absolute Gasteiger partial charge is 0.269 e. The number of sulfonamides is 1. The van der Waals surface area contributed by atoms with Gasteiger partial charge in [0.05, 0.1) is 5.69 Å². The van der Waals surface area contributed by atoms with E-state index in [1.54, 1.807) is 18.3 Å². The number of likely N-dealkylation sites (tertiary alicyclic amines) is 1. The molecule has 12 heteroatoms. The van der Waals surface area contributed by atoms with Crippen molar-refractivity contribution >= 4 is 33.3 Å². The van der Waals surface area contributed by atoms with Crippen molar-refractivity contribution in [1.82, 2.24) is 14.6 Å². The first-order chi connectivity index (χ1) is 19.5. The maximum absolute atomic E-state index is 13.8. The van der Waals surface area contributed by atoms with E-state index in [1.807, 2.05) is 12.1 Å². The summed E-state index contributed by atoms with van der Waals surface area (Å²) < 4.78 is 56.5. The van der Waals surface area contributed by atoms with Crippen molar-refractivity contribution in [2.75, 3.05) is 24.1 Å². The summed E-state index contributed by atoms with van der Waals surface area (Å²) >= 11 is 0. The predicted molar refractivity (Wildman–Crippen MR) is 153 cm³/mol. The van der Waals surface area contributed by atoms with Crippen LogP contribution in [0.15, 0.2) is 53.1 Å². The highest BCUT2D eigenvalue weighted by atomic mass is 32.2. The van der Waals surface area contributed by atoms with Crippen molar-refractivity contribution in [3.8, 4) is 0 Å². The fraction of sp³-hybridized carbons (Fsp3) is 0.483. The van der Waals surface area contributed by atoms with Crippen LogP contribution in [0.4, 0.5) is 20.3 Å². The molecule has 4 rings (SSSR count). The molecule has 0 bridgehead atoms. The minimum atomic E-state index is -4.27. The Labute approximate surface area is 239 Å². The quantitative estimate of drug-likeness (QED) is 0.367. The number of nitrogen functional groups attached to an aromatic ring is 1. The highest BCUT2D eigenvalue weighted by molar-refractivity contribution is 7.89. The van der Waals surface area contributed by atoms with Crippen molar-refractivity contribution in [1.29, 1.82) is 0 Å². The van der Waals surface area contributed by atoms with E-state index in [2.05, 4.69) is 15.0 Å². The van der Waals surface area contributed by atoms with Gasteiger partial charge in [-0.05, 0) is 79.7 Å². The van der Waals surface area contributed by atoms with E-state index in [0.717, 1.165) is 36.8 Å². The number of rotatable bonds is 10. The van der Waals surface area contributed by atoms with Crippen LogP contribution in [-0.2, 0) is 26.0 Å². The van der Waals surface area contributed by atoms with Crippen LogP contribution in [0, 0.1) is 0 Å². The lowest BCUT2D eigenvalue weighted by Crippen LogP contribution is -2.50. The Hall–Kier alpha value is -3.38. The fourth-order valence-electron chi connectivity index (χ4n) is 5.64. The van der Waals surface area contributed by atoms with Crippen LogP contribution in [0.5, 0.6) is 0 Å². The van der Waals surface area contributed by atoms with E-state index >= 15 is 0 Å². The molecule has 0 radical (unpaired) electrons. The largest absolute Gasteiger partial charge is 0.384 e. The normalized spacial score (nSPS) is 17.0. The third-order valence-electron chi connectivity index (χ3n) is 7.79. The number of aryl methyl sites for hydroxylation is 1. The molecule has 222 valence electrons. The van der Waals surface area contributed by atoms with Gasteiger partial charge in [-0.15, -0.1) is 0 Å². The summed E-state index contributed by atoms with van der Waals surface area (Å²) in [4.78, 5) is 31.1. The summed E-state index contributed by atoms with van der Waals surface area (Å²) in [5.74, 6) is -0.346. The molecule has 0 unspecified atom stereocenters. The van der Waals surface area contributed by atoms with Crippen LogP contribution in [0.2, 0.25) is 0 Å². The van der Waals surface area contributed by atoms with Gasteiger partial charge in [0.1, 0.15) is 16.8 Å². The Kier molecular flexibility index (Phi) is 10.1. The first-order valence-electron chi connectivity index (χ1n) is 14.0. The number of para-hydroxylation sites is 1. The van der Waals surface area contributed by atoms with Crippen LogP contribution in [0.3, 0.4) is 0 Å². The number of hydrogen-bond donors (Lipinski definition) is 3. The van der Waals surface area contributed by atoms with Gasteiger partial charge in [0, 0.05) is 26.2 Å². The van der Waals surface area contributed by atoms with Gasteiger partial charge in [0.25, 0.3) is 6.08 Å². The van der Waals surface area contributed by atoms with Gasteiger partial charge in [0.15, 0.2) is 0 Å². The average Bonchev–Trinajstić information content (AvgIpc) is 3.48. The second-order valence-corrected chi connectivity index (χ2v) is 12.4. The van der Waals surface area contributed by atoms with Crippen molar-refractivity contribution in [2.24, 2.45) is 0 Å². The summed E-state index contributed by atoms with van der Waals surface area (Å²) in [6.07, 6.45) is 5.02. The molecule has 1 aromatic carbocycles. The number of nitrogens with zero attached hydrogens (tertiary/aromatic N) is 2. The van der Waals surface area contributed by atoms with Crippen molar-refractivity contribution in [3.63, 3.8) is 0 Å². The van der Waals surface area contributed by atoms with Gasteiger partial charge in [-0.25, -0.2) is 13.4 Å². The highest BCUT2D eigenvalue weighted by Gasteiger charge is 2.33. The number of carbonyl (C=O) groups excluding carboxylic acids is 2. The van der Waals surface area contributed by atoms with Gasteiger partial charge in [-0.1, -0.05) is 31.0 Å². The van der Waals surface area contributed by atoms with Gasteiger partial charge in [-0.3, -0.25) is 9.59 Å². The number of nitrogens with two attached hydrogens (primary N) is 1. The molecule has 2 aromatic rings. The number of aromatic nitrogens is 1. The lowest BCUT2D eigenvalue weighted by atomic mass is 9.96. The van der Waals surface area contributed by atoms with Crippen LogP contribution in [-0.4, -0.2) is 49.2 Å². The fourth-order valence-corrected chi connectivity index (χ4v) is 7.06. The molecule has 4 N–H and O–H groups in total. The minimum Gasteiger partial charge on any atom is -0.384 e. The third-order valence-corrected chi connectivity index (χ3v) is 9.31. The molecule has 9 nitrogen and oxygen atoms in total. The lowest BCUT2D eigenvalue weighted by molar-refractivity contribution is -0.133. The van der Waals surface area contributed by atoms with Crippen LogP contribution in [0.1, 0.15) is 75.3 Å². The van der Waals surface area contributed by atoms with Gasteiger partial charge in [-0.2, -0.15) is 13.5 Å². The summed E-state index contributed by atoms with van der Waals surface area (Å²) in [5.41, 5.74) is 7.57. The number of halogens is 2. The maximum atomic E-state index is 13.8. The van der Waals surface area contributed by atoms with Crippen LogP contribution in [0.25, 0.3) is 0 Å². The van der Waals surface area contributed by atoms with Crippen molar-refractivity contribution in [3.05, 3.63) is 59.3 Å². The monoisotopic (exact) mass is 589 g/mol. The molecule has 2 aliphatic rings. The molecule has 2 heterocycles. The third kappa shape index (κ3) is 7.88. The first kappa shape index (κ1) is 30.6. The second-order valence-electron chi connectivity index (χ2n) is 10.7. The number of anilines is 2. The van der Waals surface area contributed by atoms with Gasteiger partial charge in [0.2, 0.25) is 21.8 Å². The van der Waals surface area contributed by atoms with Gasteiger partial charge >= 0.3 is 0 Å². The molecule has 2 fully saturated rings. The molecule has 41 heavy (non-hydrogen) atoms. The molecule has 1 aliphatic carbocycles. The summed E-state index contributed by atoms with van der Waals surface area (Å²) in [7, 11) is -4.27. The number of benzene rings is 1. The number of amides is 2. The van der Waals surface area contributed by atoms with Gasteiger partial charge < -0.3 is 16.0 Å². The Morgan fingerprint density at radius 3 is 2.44 bits per heavy atom. The van der Waals surface area contributed by atoms with Crippen molar-refractivity contribution < 1.29 is 26.8 Å². The number of piperidine rings is 1. The zero-order valence-electron chi connectivity index (χ0n) is 23.2. The van der Waals surface area contributed by atoms with E-state index < -0.39 is 34.0 Å². The van der Waals surface area contributed by atoms with Crippen LogP contribution >= 0.6 is 0 Å². The van der Waals surface area contributed by atoms with E-state index in [-0.39, 0.29) is 54.4 Å². The topological polar surface area (TPSA) is 134 Å². The molecular formula is C29H37F2N5O4S. The molecule has 1 aromatic heterocycles. The molecule has 1 saturated heterocycles. The van der Waals surface area contributed by atoms with E-state index in [1.165, 1.54) is 17.9 Å². The summed E-state index contributed by atoms with van der Waals surface area (Å²) in [6.45, 7) is 1.49. The second kappa shape index (κ2) is 13.5. The van der Waals surface area contributed by atoms with E-state index in [0.29, 0.717) is 18.7 Å². The molecule has 1 atom stereocenters. The minimum absolute atomic E-state index is 0.0192. The number of nitrogens with one attached hydrogen (secondary N) is 2. The van der Waals surface area contributed by atoms with E-state index in [9.17, 15) is 26.8 Å². The first-order valence-corrected chi connectivity index (χ1v) is 15.5. The van der Waals surface area contributed by atoms with E-state index in [4.69, 9.17) is 5.73 Å². The van der Waals surface area contributed by atoms with Crippen molar-refractivity contribution in [2.45, 2.75) is 81.6 Å².